The Morgan fingerprint density at radius 2 is 1.64 bits per heavy atom. The number of nitrogens with zero attached hydrogens (tertiary/aromatic N) is 3. The number of thioether (sulfide) groups is 1. The Hall–Kier alpha value is -3.91. The molecule has 0 saturated carbocycles. The Morgan fingerprint density at radius 1 is 0.909 bits per heavy atom. The Kier molecular flexibility index (Phi) is 5.66. The highest BCUT2D eigenvalue weighted by Crippen LogP contribution is 2.25. The van der Waals surface area contributed by atoms with Crippen LogP contribution in [0.2, 0.25) is 0 Å². The maximum atomic E-state index is 13.2. The minimum atomic E-state index is -0.209. The number of carbonyl (C=O) groups excluding carboxylic acids is 1. The highest BCUT2D eigenvalue weighted by Gasteiger charge is 2.17. The number of hydrogen-bond acceptors (Lipinski definition) is 5. The lowest BCUT2D eigenvalue weighted by atomic mass is 10.1. The second-order valence-corrected chi connectivity index (χ2v) is 8.66. The molecule has 164 valence electrons. The molecule has 5 rings (SSSR count). The first-order chi connectivity index (χ1) is 16.1. The quantitative estimate of drug-likeness (QED) is 0.371. The number of fused-ring (bicyclic) bond motifs is 2. The maximum Gasteiger partial charge on any atom is 0.258 e. The molecule has 0 aliphatic heterocycles. The average molecular weight is 456 g/mol. The molecule has 0 saturated heterocycles. The number of imidazole rings is 1. The maximum absolute atomic E-state index is 13.2. The number of nitrogens with one attached hydrogen (secondary N) is 2. The summed E-state index contributed by atoms with van der Waals surface area (Å²) in [4.78, 5) is 42.4. The van der Waals surface area contributed by atoms with Crippen LogP contribution in [0.15, 0.2) is 82.7 Å². The normalized spacial score (nSPS) is 11.2. The fourth-order valence-corrected chi connectivity index (χ4v) is 4.60. The Balaban J connectivity index is 1.33. The van der Waals surface area contributed by atoms with Crippen LogP contribution in [0.4, 0.5) is 0 Å². The molecular weight excluding hydrogens is 434 g/mol. The molecule has 0 spiro atoms. The molecule has 0 unspecified atom stereocenters. The van der Waals surface area contributed by atoms with Gasteiger partial charge in [0.25, 0.3) is 11.5 Å². The van der Waals surface area contributed by atoms with E-state index < -0.39 is 0 Å². The van der Waals surface area contributed by atoms with E-state index in [1.54, 1.807) is 41.9 Å². The largest absolute Gasteiger partial charge is 0.334 e. The van der Waals surface area contributed by atoms with Crippen molar-refractivity contribution in [2.45, 2.75) is 17.5 Å². The topological polar surface area (TPSA) is 94.7 Å². The van der Waals surface area contributed by atoms with Crippen molar-refractivity contribution >= 4 is 39.6 Å². The van der Waals surface area contributed by atoms with Crippen molar-refractivity contribution in [1.29, 1.82) is 0 Å². The first-order valence-electron chi connectivity index (χ1n) is 10.5. The molecule has 0 aliphatic carbocycles. The standard InChI is InChI=1S/C25H21N5O2S/c1-30(14-22-26-19-11-5-4-10-18(19)23(31)29-22)24(32)17-9-3-2-8-16(17)15-33-25-27-20-12-6-7-13-21(20)28-25/h2-13H,14-15H2,1H3,(H,27,28)(H,26,29,31). The molecule has 8 heteroatoms. The van der Waals surface area contributed by atoms with Crippen LogP contribution in [-0.4, -0.2) is 37.8 Å². The number of amides is 1. The van der Waals surface area contributed by atoms with Crippen LogP contribution in [0.1, 0.15) is 21.7 Å². The smallest absolute Gasteiger partial charge is 0.258 e. The monoisotopic (exact) mass is 455 g/mol. The molecule has 0 atom stereocenters. The zero-order valence-electron chi connectivity index (χ0n) is 17.9. The van der Waals surface area contributed by atoms with Crippen molar-refractivity contribution in [3.8, 4) is 0 Å². The van der Waals surface area contributed by atoms with Gasteiger partial charge < -0.3 is 14.9 Å². The molecule has 2 N–H and O–H groups in total. The molecule has 2 aromatic heterocycles. The van der Waals surface area contributed by atoms with E-state index >= 15 is 0 Å². The number of para-hydroxylation sites is 3. The number of carbonyl (C=O) groups is 1. The van der Waals surface area contributed by atoms with Gasteiger partial charge in [-0.05, 0) is 35.9 Å². The first-order valence-corrected chi connectivity index (χ1v) is 11.5. The van der Waals surface area contributed by atoms with Crippen molar-refractivity contribution in [3.05, 3.63) is 100 Å². The van der Waals surface area contributed by atoms with Gasteiger partial charge in [-0.2, -0.15) is 0 Å². The highest BCUT2D eigenvalue weighted by atomic mass is 32.2. The molecule has 3 aromatic carbocycles. The Labute approximate surface area is 193 Å². The predicted molar refractivity (Wildman–Crippen MR) is 130 cm³/mol. The van der Waals surface area contributed by atoms with Crippen LogP contribution in [-0.2, 0) is 12.3 Å². The molecular formula is C25H21N5O2S. The number of hydrogen-bond donors (Lipinski definition) is 2. The van der Waals surface area contributed by atoms with Crippen molar-refractivity contribution in [2.75, 3.05) is 7.05 Å². The molecule has 0 aliphatic rings. The summed E-state index contributed by atoms with van der Waals surface area (Å²) in [7, 11) is 1.71. The fourth-order valence-electron chi connectivity index (χ4n) is 3.71. The van der Waals surface area contributed by atoms with E-state index in [0.29, 0.717) is 28.0 Å². The van der Waals surface area contributed by atoms with Gasteiger partial charge in [-0.3, -0.25) is 9.59 Å². The third-order valence-electron chi connectivity index (χ3n) is 5.38. The highest BCUT2D eigenvalue weighted by molar-refractivity contribution is 7.98. The minimum Gasteiger partial charge on any atom is -0.334 e. The van der Waals surface area contributed by atoms with E-state index in [1.807, 2.05) is 54.6 Å². The van der Waals surface area contributed by atoms with Crippen LogP contribution < -0.4 is 5.56 Å². The molecule has 0 fully saturated rings. The van der Waals surface area contributed by atoms with E-state index in [-0.39, 0.29) is 18.0 Å². The summed E-state index contributed by atoms with van der Waals surface area (Å²) in [6.07, 6.45) is 0. The van der Waals surface area contributed by atoms with E-state index in [1.165, 1.54) is 0 Å². The Bertz CT molecular complexity index is 1490. The zero-order valence-corrected chi connectivity index (χ0v) is 18.7. The Morgan fingerprint density at radius 3 is 2.48 bits per heavy atom. The van der Waals surface area contributed by atoms with Gasteiger partial charge in [0.1, 0.15) is 5.82 Å². The number of aromatic amines is 2. The van der Waals surface area contributed by atoms with Gasteiger partial charge in [0, 0.05) is 18.4 Å². The van der Waals surface area contributed by atoms with Gasteiger partial charge in [-0.1, -0.05) is 54.2 Å². The van der Waals surface area contributed by atoms with E-state index in [2.05, 4.69) is 19.9 Å². The van der Waals surface area contributed by atoms with Crippen molar-refractivity contribution < 1.29 is 4.79 Å². The van der Waals surface area contributed by atoms with Crippen LogP contribution in [0.5, 0.6) is 0 Å². The van der Waals surface area contributed by atoms with Crippen molar-refractivity contribution in [2.24, 2.45) is 0 Å². The number of rotatable bonds is 6. The van der Waals surface area contributed by atoms with E-state index in [0.717, 1.165) is 21.8 Å². The molecule has 1 amide bonds. The van der Waals surface area contributed by atoms with E-state index in [4.69, 9.17) is 0 Å². The number of aromatic nitrogens is 4. The molecule has 0 bridgehead atoms. The zero-order chi connectivity index (χ0) is 22.8. The van der Waals surface area contributed by atoms with Crippen LogP contribution in [0.25, 0.3) is 21.9 Å². The second kappa shape index (κ2) is 8.91. The van der Waals surface area contributed by atoms with Gasteiger partial charge in [0.2, 0.25) is 0 Å². The summed E-state index contributed by atoms with van der Waals surface area (Å²) in [5, 5.41) is 1.34. The SMILES string of the molecule is CN(Cc1nc2ccccc2c(=O)[nH]1)C(=O)c1ccccc1CSc1nc2ccccc2[nH]1. The summed E-state index contributed by atoms with van der Waals surface area (Å²) in [6, 6.07) is 22.6. The van der Waals surface area contributed by atoms with Crippen LogP contribution in [0.3, 0.4) is 0 Å². The summed E-state index contributed by atoms with van der Waals surface area (Å²) in [5.41, 5.74) is 3.84. The van der Waals surface area contributed by atoms with Gasteiger partial charge in [-0.15, -0.1) is 0 Å². The molecule has 0 radical (unpaired) electrons. The van der Waals surface area contributed by atoms with Crippen LogP contribution >= 0.6 is 11.8 Å². The van der Waals surface area contributed by atoms with Crippen LogP contribution in [0, 0.1) is 0 Å². The van der Waals surface area contributed by atoms with Gasteiger partial charge in [0.15, 0.2) is 5.16 Å². The lowest BCUT2D eigenvalue weighted by Gasteiger charge is -2.18. The molecule has 5 aromatic rings. The fraction of sp³-hybridized carbons (Fsp3) is 0.120. The van der Waals surface area contributed by atoms with E-state index in [9.17, 15) is 9.59 Å². The number of benzene rings is 3. The molecule has 2 heterocycles. The predicted octanol–water partition coefficient (Wildman–Crippen LogP) is 4.36. The first kappa shape index (κ1) is 21.0. The third-order valence-corrected chi connectivity index (χ3v) is 6.30. The average Bonchev–Trinajstić information content (AvgIpc) is 3.25. The molecule has 33 heavy (non-hydrogen) atoms. The summed E-state index contributed by atoms with van der Waals surface area (Å²) < 4.78 is 0. The minimum absolute atomic E-state index is 0.133. The van der Waals surface area contributed by atoms with Crippen molar-refractivity contribution in [3.63, 3.8) is 0 Å². The molecule has 7 nitrogen and oxygen atoms in total. The lowest BCUT2D eigenvalue weighted by Crippen LogP contribution is -2.29. The number of H-pyrrole nitrogens is 2. The van der Waals surface area contributed by atoms with Crippen molar-refractivity contribution in [1.82, 2.24) is 24.8 Å². The summed E-state index contributed by atoms with van der Waals surface area (Å²) in [6.45, 7) is 0.198. The summed E-state index contributed by atoms with van der Waals surface area (Å²) in [5.74, 6) is 0.913. The lowest BCUT2D eigenvalue weighted by molar-refractivity contribution is 0.0780. The second-order valence-electron chi connectivity index (χ2n) is 7.70. The summed E-state index contributed by atoms with van der Waals surface area (Å²) >= 11 is 1.55. The van der Waals surface area contributed by atoms with Gasteiger partial charge in [-0.25, -0.2) is 9.97 Å². The van der Waals surface area contributed by atoms with Gasteiger partial charge in [0.05, 0.1) is 28.5 Å². The van der Waals surface area contributed by atoms with Gasteiger partial charge >= 0.3 is 0 Å². The third kappa shape index (κ3) is 4.38.